The molecule has 1 aliphatic heterocycles. The van der Waals surface area contributed by atoms with Crippen LogP contribution < -0.4 is 5.73 Å². The van der Waals surface area contributed by atoms with Crippen LogP contribution >= 0.6 is 12.4 Å². The van der Waals surface area contributed by atoms with Crippen molar-refractivity contribution in [3.63, 3.8) is 0 Å². The number of nitrogens with zero attached hydrogens (tertiary/aromatic N) is 2. The zero-order valence-electron chi connectivity index (χ0n) is 17.1. The van der Waals surface area contributed by atoms with E-state index < -0.39 is 10.0 Å². The fraction of sp³-hybridized carbons (Fsp3) is 0.650. The molecule has 2 atom stereocenters. The maximum atomic E-state index is 12.9. The second kappa shape index (κ2) is 11.1. The third kappa shape index (κ3) is 5.69. The number of nitrogens with two attached hydrogens (primary N) is 1. The van der Waals surface area contributed by atoms with Gasteiger partial charge in [0, 0.05) is 37.3 Å². The summed E-state index contributed by atoms with van der Waals surface area (Å²) in [5, 5.41) is 0. The standard InChI is InChI=1S/C20H33N3O3S.ClH/c1-4-13-22(14-5-2)27(25,26)18-11-9-17(10-12-18)20(24)23-15-7-6-8-19(23)16(3)21;/h9-12,16,19H,4-8,13-15,21H2,1-3H3;1H. The van der Waals surface area contributed by atoms with Gasteiger partial charge in [-0.2, -0.15) is 4.31 Å². The minimum Gasteiger partial charge on any atom is -0.334 e. The summed E-state index contributed by atoms with van der Waals surface area (Å²) >= 11 is 0. The van der Waals surface area contributed by atoms with Crippen LogP contribution in [0.2, 0.25) is 0 Å². The third-order valence-electron chi connectivity index (χ3n) is 5.10. The molecule has 6 nitrogen and oxygen atoms in total. The van der Waals surface area contributed by atoms with E-state index >= 15 is 0 Å². The van der Waals surface area contributed by atoms with Gasteiger partial charge < -0.3 is 10.6 Å². The lowest BCUT2D eigenvalue weighted by molar-refractivity contribution is 0.0583. The highest BCUT2D eigenvalue weighted by molar-refractivity contribution is 7.89. The normalized spacial score (nSPS) is 18.6. The molecule has 1 saturated heterocycles. The van der Waals surface area contributed by atoms with Crippen molar-refractivity contribution in [2.75, 3.05) is 19.6 Å². The van der Waals surface area contributed by atoms with Crippen molar-refractivity contribution in [1.82, 2.24) is 9.21 Å². The largest absolute Gasteiger partial charge is 0.334 e. The van der Waals surface area contributed by atoms with Crippen molar-refractivity contribution in [3.8, 4) is 0 Å². The fourth-order valence-corrected chi connectivity index (χ4v) is 5.32. The number of hydrogen-bond acceptors (Lipinski definition) is 4. The van der Waals surface area contributed by atoms with Crippen LogP contribution in [0.5, 0.6) is 0 Å². The average Bonchev–Trinajstić information content (AvgIpc) is 2.67. The molecule has 160 valence electrons. The number of amides is 1. The van der Waals surface area contributed by atoms with Gasteiger partial charge in [-0.15, -0.1) is 12.4 Å². The summed E-state index contributed by atoms with van der Waals surface area (Å²) in [6.45, 7) is 7.57. The van der Waals surface area contributed by atoms with Crippen LogP contribution in [0.25, 0.3) is 0 Å². The molecule has 1 fully saturated rings. The molecule has 0 radical (unpaired) electrons. The van der Waals surface area contributed by atoms with Gasteiger partial charge in [0.05, 0.1) is 4.90 Å². The zero-order chi connectivity index (χ0) is 20.0. The monoisotopic (exact) mass is 431 g/mol. The van der Waals surface area contributed by atoms with Gasteiger partial charge >= 0.3 is 0 Å². The Morgan fingerprint density at radius 1 is 1.18 bits per heavy atom. The average molecular weight is 432 g/mol. The first kappa shape index (κ1) is 24.9. The van der Waals surface area contributed by atoms with Gasteiger partial charge in [0.25, 0.3) is 5.91 Å². The smallest absolute Gasteiger partial charge is 0.254 e. The van der Waals surface area contributed by atoms with Gasteiger partial charge in [0.15, 0.2) is 0 Å². The maximum absolute atomic E-state index is 12.9. The molecule has 0 aliphatic carbocycles. The van der Waals surface area contributed by atoms with E-state index in [2.05, 4.69) is 0 Å². The number of carbonyl (C=O) groups excluding carboxylic acids is 1. The molecule has 2 rings (SSSR count). The van der Waals surface area contributed by atoms with Crippen molar-refractivity contribution in [2.45, 2.75) is 69.9 Å². The molecule has 0 bridgehead atoms. The first-order valence-electron chi connectivity index (χ1n) is 9.99. The van der Waals surface area contributed by atoms with E-state index in [1.54, 1.807) is 24.3 Å². The lowest BCUT2D eigenvalue weighted by Gasteiger charge is -2.38. The molecule has 1 aromatic carbocycles. The molecule has 1 aliphatic rings. The second-order valence-corrected chi connectivity index (χ2v) is 9.29. The Morgan fingerprint density at radius 3 is 2.25 bits per heavy atom. The van der Waals surface area contributed by atoms with E-state index in [0.29, 0.717) is 25.2 Å². The molecule has 2 unspecified atom stereocenters. The zero-order valence-corrected chi connectivity index (χ0v) is 18.8. The minimum atomic E-state index is -3.53. The van der Waals surface area contributed by atoms with Gasteiger partial charge in [-0.1, -0.05) is 13.8 Å². The molecule has 1 heterocycles. The topological polar surface area (TPSA) is 83.7 Å². The van der Waals surface area contributed by atoms with E-state index in [9.17, 15) is 13.2 Å². The van der Waals surface area contributed by atoms with E-state index in [1.807, 2.05) is 25.7 Å². The van der Waals surface area contributed by atoms with Crippen LogP contribution in [0.1, 0.15) is 63.2 Å². The van der Waals surface area contributed by atoms with Gasteiger partial charge in [-0.3, -0.25) is 4.79 Å². The first-order valence-corrected chi connectivity index (χ1v) is 11.4. The van der Waals surface area contributed by atoms with Crippen LogP contribution in [-0.2, 0) is 10.0 Å². The summed E-state index contributed by atoms with van der Waals surface area (Å²) in [6, 6.07) is 6.30. The number of benzene rings is 1. The Morgan fingerprint density at radius 2 is 1.75 bits per heavy atom. The Hall–Kier alpha value is -1.15. The molecule has 2 N–H and O–H groups in total. The lowest BCUT2D eigenvalue weighted by atomic mass is 9.96. The molecule has 1 aromatic rings. The van der Waals surface area contributed by atoms with Gasteiger partial charge in [-0.05, 0) is 63.3 Å². The number of likely N-dealkylation sites (tertiary alicyclic amines) is 1. The summed E-state index contributed by atoms with van der Waals surface area (Å²) in [4.78, 5) is 15.0. The highest BCUT2D eigenvalue weighted by Gasteiger charge is 2.30. The molecule has 0 aromatic heterocycles. The Bertz CT molecular complexity index is 717. The quantitative estimate of drug-likeness (QED) is 0.684. The number of carbonyl (C=O) groups is 1. The van der Waals surface area contributed by atoms with Crippen LogP contribution in [0.15, 0.2) is 29.2 Å². The predicted octanol–water partition coefficient (Wildman–Crippen LogP) is 3.26. The number of sulfonamides is 1. The lowest BCUT2D eigenvalue weighted by Crippen LogP contribution is -2.51. The number of piperidine rings is 1. The molecule has 8 heteroatoms. The van der Waals surface area contributed by atoms with E-state index in [0.717, 1.165) is 32.1 Å². The van der Waals surface area contributed by atoms with Crippen LogP contribution in [-0.4, -0.2) is 55.2 Å². The van der Waals surface area contributed by atoms with Gasteiger partial charge in [-0.25, -0.2) is 8.42 Å². The summed E-state index contributed by atoms with van der Waals surface area (Å²) < 4.78 is 27.2. The Balaban J connectivity index is 0.00000392. The van der Waals surface area contributed by atoms with E-state index in [1.165, 1.54) is 4.31 Å². The fourth-order valence-electron chi connectivity index (χ4n) is 3.69. The van der Waals surface area contributed by atoms with Gasteiger partial charge in [0.1, 0.15) is 0 Å². The highest BCUT2D eigenvalue weighted by atomic mass is 35.5. The van der Waals surface area contributed by atoms with Gasteiger partial charge in [0.2, 0.25) is 10.0 Å². The van der Waals surface area contributed by atoms with Crippen molar-refractivity contribution in [3.05, 3.63) is 29.8 Å². The van der Waals surface area contributed by atoms with Crippen LogP contribution in [0, 0.1) is 0 Å². The van der Waals surface area contributed by atoms with E-state index in [-0.39, 0.29) is 35.3 Å². The molecule has 28 heavy (non-hydrogen) atoms. The summed E-state index contributed by atoms with van der Waals surface area (Å²) in [7, 11) is -3.53. The molecule has 0 spiro atoms. The molecule has 0 saturated carbocycles. The van der Waals surface area contributed by atoms with Crippen molar-refractivity contribution in [1.29, 1.82) is 0 Å². The Kier molecular flexibility index (Phi) is 9.90. The van der Waals surface area contributed by atoms with Crippen LogP contribution in [0.3, 0.4) is 0 Å². The third-order valence-corrected chi connectivity index (χ3v) is 7.01. The number of rotatable bonds is 8. The second-order valence-electron chi connectivity index (χ2n) is 7.35. The molecular formula is C20H34ClN3O3S. The first-order chi connectivity index (χ1) is 12.8. The molecule has 1 amide bonds. The predicted molar refractivity (Wildman–Crippen MR) is 115 cm³/mol. The minimum absolute atomic E-state index is 0. The Labute approximate surface area is 175 Å². The maximum Gasteiger partial charge on any atom is 0.254 e. The number of halogens is 1. The SMILES string of the molecule is CCCN(CCC)S(=O)(=O)c1ccc(C(=O)N2CCCCC2C(C)N)cc1.Cl. The summed E-state index contributed by atoms with van der Waals surface area (Å²) in [6.07, 6.45) is 4.51. The summed E-state index contributed by atoms with van der Waals surface area (Å²) in [5.74, 6) is -0.0695. The van der Waals surface area contributed by atoms with Crippen LogP contribution in [0.4, 0.5) is 0 Å². The van der Waals surface area contributed by atoms with E-state index in [4.69, 9.17) is 5.73 Å². The van der Waals surface area contributed by atoms with Crippen molar-refractivity contribution in [2.24, 2.45) is 5.73 Å². The number of hydrogen-bond donors (Lipinski definition) is 1. The van der Waals surface area contributed by atoms with Crippen molar-refractivity contribution >= 4 is 28.3 Å². The molecular weight excluding hydrogens is 398 g/mol. The van der Waals surface area contributed by atoms with Crippen molar-refractivity contribution < 1.29 is 13.2 Å². The summed E-state index contributed by atoms with van der Waals surface area (Å²) in [5.41, 5.74) is 6.58. The highest BCUT2D eigenvalue weighted by Crippen LogP contribution is 2.23.